The molecular weight excluding hydrogens is 178 g/mol. The molecule has 3 N–H and O–H groups in total. The summed E-state index contributed by atoms with van der Waals surface area (Å²) in [5.41, 5.74) is 7.89. The molecule has 0 amide bonds. The third kappa shape index (κ3) is 1.96. The Morgan fingerprint density at radius 2 is 2.21 bits per heavy atom. The highest BCUT2D eigenvalue weighted by atomic mass is 16.3. The summed E-state index contributed by atoms with van der Waals surface area (Å²) in [6.07, 6.45) is 1.76. The molecule has 4 heteroatoms. The second-order valence-electron chi connectivity index (χ2n) is 3.74. The number of nitrogens with zero attached hydrogens (tertiary/aromatic N) is 2. The Balaban J connectivity index is 3.10. The fourth-order valence-electron chi connectivity index (χ4n) is 1.68. The fraction of sp³-hybridized carbons (Fsp3) is 0.700. The molecule has 1 unspecified atom stereocenters. The van der Waals surface area contributed by atoms with E-state index in [9.17, 15) is 0 Å². The molecule has 0 radical (unpaired) electrons. The number of aromatic nitrogens is 2. The third-order valence-electron chi connectivity index (χ3n) is 2.35. The van der Waals surface area contributed by atoms with Crippen LogP contribution < -0.4 is 5.73 Å². The number of hydrogen-bond acceptors (Lipinski definition) is 3. The van der Waals surface area contributed by atoms with Crippen LogP contribution in [-0.2, 0) is 6.54 Å². The van der Waals surface area contributed by atoms with Crippen LogP contribution in [0.2, 0.25) is 0 Å². The highest BCUT2D eigenvalue weighted by molar-refractivity contribution is 5.24. The van der Waals surface area contributed by atoms with Crippen LogP contribution in [-0.4, -0.2) is 21.5 Å². The molecule has 0 fully saturated rings. The van der Waals surface area contributed by atoms with Crippen LogP contribution in [0.25, 0.3) is 0 Å². The summed E-state index contributed by atoms with van der Waals surface area (Å²) in [7, 11) is 0. The van der Waals surface area contributed by atoms with Crippen LogP contribution >= 0.6 is 0 Å². The number of aliphatic hydroxyl groups is 1. The van der Waals surface area contributed by atoms with Gasteiger partial charge < -0.3 is 10.8 Å². The first kappa shape index (κ1) is 11.2. The predicted octanol–water partition coefficient (Wildman–Crippen LogP) is 1.02. The van der Waals surface area contributed by atoms with Gasteiger partial charge >= 0.3 is 0 Å². The average Bonchev–Trinajstić information content (AvgIpc) is 2.59. The molecule has 0 aliphatic rings. The maximum atomic E-state index is 9.01. The largest absolute Gasteiger partial charge is 0.394 e. The maximum Gasteiger partial charge on any atom is 0.0625 e. The van der Waals surface area contributed by atoms with Crippen molar-refractivity contribution in [1.29, 1.82) is 0 Å². The molecule has 0 aliphatic heterocycles. The molecule has 1 heterocycles. The Kier molecular flexibility index (Phi) is 3.66. The third-order valence-corrected chi connectivity index (χ3v) is 2.35. The quantitative estimate of drug-likeness (QED) is 0.757. The number of aliphatic hydroxyl groups excluding tert-OH is 1. The summed E-state index contributed by atoms with van der Waals surface area (Å²) in [5.74, 6) is 0.380. The van der Waals surface area contributed by atoms with Gasteiger partial charge in [0.05, 0.1) is 18.8 Å². The van der Waals surface area contributed by atoms with Crippen molar-refractivity contribution in [3.8, 4) is 0 Å². The van der Waals surface area contributed by atoms with Crippen molar-refractivity contribution < 1.29 is 5.11 Å². The minimum atomic E-state index is -0.312. The van der Waals surface area contributed by atoms with Crippen molar-refractivity contribution in [2.75, 3.05) is 6.61 Å². The monoisotopic (exact) mass is 197 g/mol. The molecule has 0 aromatic carbocycles. The van der Waals surface area contributed by atoms with Crippen molar-refractivity contribution >= 4 is 0 Å². The zero-order chi connectivity index (χ0) is 10.7. The predicted molar refractivity (Wildman–Crippen MR) is 56.0 cm³/mol. The number of rotatable bonds is 4. The van der Waals surface area contributed by atoms with E-state index in [1.54, 1.807) is 6.20 Å². The van der Waals surface area contributed by atoms with Crippen molar-refractivity contribution in [2.45, 2.75) is 39.3 Å². The fourth-order valence-corrected chi connectivity index (χ4v) is 1.68. The van der Waals surface area contributed by atoms with E-state index in [1.165, 1.54) is 0 Å². The van der Waals surface area contributed by atoms with Gasteiger partial charge in [-0.05, 0) is 12.8 Å². The van der Waals surface area contributed by atoms with E-state index in [-0.39, 0.29) is 12.6 Å². The Morgan fingerprint density at radius 1 is 1.57 bits per heavy atom. The maximum absolute atomic E-state index is 9.01. The molecule has 1 aromatic rings. The van der Waals surface area contributed by atoms with Gasteiger partial charge in [0, 0.05) is 17.8 Å². The van der Waals surface area contributed by atoms with E-state index < -0.39 is 0 Å². The van der Waals surface area contributed by atoms with Crippen LogP contribution in [0.15, 0.2) is 6.20 Å². The molecule has 0 saturated heterocycles. The van der Waals surface area contributed by atoms with Crippen LogP contribution in [0.1, 0.15) is 44.0 Å². The Bertz CT molecular complexity index is 294. The first-order chi connectivity index (χ1) is 6.61. The second-order valence-corrected chi connectivity index (χ2v) is 3.74. The molecule has 0 bridgehead atoms. The minimum Gasteiger partial charge on any atom is -0.394 e. The van der Waals surface area contributed by atoms with Crippen molar-refractivity contribution in [3.63, 3.8) is 0 Å². The van der Waals surface area contributed by atoms with E-state index in [2.05, 4.69) is 18.9 Å². The first-order valence-electron chi connectivity index (χ1n) is 5.03. The van der Waals surface area contributed by atoms with Gasteiger partial charge in [-0.1, -0.05) is 13.8 Å². The second kappa shape index (κ2) is 4.57. The highest BCUT2D eigenvalue weighted by Crippen LogP contribution is 2.23. The molecule has 0 spiro atoms. The minimum absolute atomic E-state index is 0.0326. The molecule has 0 saturated carbocycles. The molecule has 1 rings (SSSR count). The van der Waals surface area contributed by atoms with Crippen LogP contribution in [0.3, 0.4) is 0 Å². The van der Waals surface area contributed by atoms with Gasteiger partial charge in [0.2, 0.25) is 0 Å². The van der Waals surface area contributed by atoms with Crippen molar-refractivity contribution in [3.05, 3.63) is 17.5 Å². The average molecular weight is 197 g/mol. The molecule has 4 nitrogen and oxygen atoms in total. The van der Waals surface area contributed by atoms with Gasteiger partial charge in [-0.15, -0.1) is 0 Å². The Hall–Kier alpha value is -0.870. The summed E-state index contributed by atoms with van der Waals surface area (Å²) < 4.78 is 1.94. The first-order valence-corrected chi connectivity index (χ1v) is 5.03. The lowest BCUT2D eigenvalue weighted by Crippen LogP contribution is -2.17. The summed E-state index contributed by atoms with van der Waals surface area (Å²) in [6, 6.07) is -0.312. The Labute approximate surface area is 84.7 Å². The van der Waals surface area contributed by atoms with E-state index in [4.69, 9.17) is 10.8 Å². The van der Waals surface area contributed by atoms with Gasteiger partial charge in [0.15, 0.2) is 0 Å². The van der Waals surface area contributed by atoms with Crippen LogP contribution in [0.4, 0.5) is 0 Å². The van der Waals surface area contributed by atoms with Crippen LogP contribution in [0, 0.1) is 0 Å². The lowest BCUT2D eigenvalue weighted by Gasteiger charge is -2.14. The highest BCUT2D eigenvalue weighted by Gasteiger charge is 2.17. The zero-order valence-corrected chi connectivity index (χ0v) is 9.07. The van der Waals surface area contributed by atoms with Crippen LogP contribution in [0.5, 0.6) is 0 Å². The zero-order valence-electron chi connectivity index (χ0n) is 9.07. The smallest absolute Gasteiger partial charge is 0.0625 e. The normalized spacial score (nSPS) is 13.6. The van der Waals surface area contributed by atoms with Gasteiger partial charge in [-0.2, -0.15) is 5.10 Å². The molecule has 14 heavy (non-hydrogen) atoms. The molecule has 1 aromatic heterocycles. The van der Waals surface area contributed by atoms with E-state index in [0.29, 0.717) is 5.92 Å². The van der Waals surface area contributed by atoms with Gasteiger partial charge in [0.25, 0.3) is 0 Å². The van der Waals surface area contributed by atoms with Gasteiger partial charge in [-0.3, -0.25) is 4.68 Å². The van der Waals surface area contributed by atoms with Gasteiger partial charge in [0.1, 0.15) is 0 Å². The van der Waals surface area contributed by atoms with E-state index >= 15 is 0 Å². The molecular formula is C10H19N3O. The summed E-state index contributed by atoms with van der Waals surface area (Å²) in [4.78, 5) is 0. The lowest BCUT2D eigenvalue weighted by atomic mass is 10.0. The number of nitrogens with two attached hydrogens (primary N) is 1. The summed E-state index contributed by atoms with van der Waals surface area (Å²) >= 11 is 0. The molecule has 80 valence electrons. The number of aryl methyl sites for hydroxylation is 1. The Morgan fingerprint density at radius 3 is 2.64 bits per heavy atom. The topological polar surface area (TPSA) is 64.1 Å². The van der Waals surface area contributed by atoms with E-state index in [1.807, 2.05) is 11.6 Å². The SMILES string of the molecule is CCn1ncc(C(N)CO)c1C(C)C. The lowest BCUT2D eigenvalue weighted by molar-refractivity contribution is 0.267. The van der Waals surface area contributed by atoms with Crippen molar-refractivity contribution in [1.82, 2.24) is 9.78 Å². The number of hydrogen-bond donors (Lipinski definition) is 2. The van der Waals surface area contributed by atoms with E-state index in [0.717, 1.165) is 17.8 Å². The molecule has 1 atom stereocenters. The molecule has 0 aliphatic carbocycles. The summed E-state index contributed by atoms with van der Waals surface area (Å²) in [5, 5.41) is 13.3. The van der Waals surface area contributed by atoms with Gasteiger partial charge in [-0.25, -0.2) is 0 Å². The standard InChI is InChI=1S/C10H19N3O/c1-4-13-10(7(2)3)8(5-12-13)9(11)6-14/h5,7,9,14H,4,6,11H2,1-3H3. The summed E-state index contributed by atoms with van der Waals surface area (Å²) in [6.45, 7) is 7.07. The van der Waals surface area contributed by atoms with Crippen molar-refractivity contribution in [2.24, 2.45) is 5.73 Å².